The molecule has 4 nitrogen and oxygen atoms in total. The molecule has 1 fully saturated rings. The van der Waals surface area contributed by atoms with Crippen LogP contribution in [0.2, 0.25) is 0 Å². The van der Waals surface area contributed by atoms with Crippen LogP contribution in [-0.2, 0) is 6.42 Å². The third-order valence-electron chi connectivity index (χ3n) is 3.60. The summed E-state index contributed by atoms with van der Waals surface area (Å²) in [6, 6.07) is 2.36. The Balaban J connectivity index is 2.08. The van der Waals surface area contributed by atoms with Crippen molar-refractivity contribution < 1.29 is 0 Å². The summed E-state index contributed by atoms with van der Waals surface area (Å²) < 4.78 is 0. The van der Waals surface area contributed by atoms with Gasteiger partial charge in [0.25, 0.3) is 0 Å². The maximum Gasteiger partial charge on any atom is 0.133 e. The molecule has 0 spiro atoms. The Bertz CT molecular complexity index is 410. The minimum Gasteiger partial charge on any atom is -0.384 e. The molecular formula is C14H24N4S. The summed E-state index contributed by atoms with van der Waals surface area (Å²) in [5, 5.41) is 4.25. The fourth-order valence-electron chi connectivity index (χ4n) is 2.66. The number of anilines is 2. The number of nitrogen functional groups attached to an aromatic ring is 1. The molecule has 0 radical (unpaired) electrons. The number of nitrogens with two attached hydrogens (primary N) is 1. The van der Waals surface area contributed by atoms with Gasteiger partial charge in [-0.1, -0.05) is 19.8 Å². The van der Waals surface area contributed by atoms with Crippen molar-refractivity contribution in [3.8, 4) is 0 Å². The second-order valence-electron chi connectivity index (χ2n) is 5.15. The number of aryl methyl sites for hydroxylation is 1. The van der Waals surface area contributed by atoms with Gasteiger partial charge in [0.15, 0.2) is 0 Å². The predicted molar refractivity (Wildman–Crippen MR) is 83.6 cm³/mol. The average molecular weight is 280 g/mol. The molecule has 2 atom stereocenters. The monoisotopic (exact) mass is 280 g/mol. The smallest absolute Gasteiger partial charge is 0.133 e. The molecule has 1 heterocycles. The van der Waals surface area contributed by atoms with Gasteiger partial charge in [0.05, 0.1) is 0 Å². The first-order chi connectivity index (χ1) is 9.22. The van der Waals surface area contributed by atoms with Gasteiger partial charge in [-0.3, -0.25) is 0 Å². The molecule has 2 unspecified atom stereocenters. The molecule has 5 heteroatoms. The van der Waals surface area contributed by atoms with Crippen molar-refractivity contribution in [3.63, 3.8) is 0 Å². The Morgan fingerprint density at radius 1 is 1.37 bits per heavy atom. The highest BCUT2D eigenvalue weighted by Gasteiger charge is 2.24. The second kappa shape index (κ2) is 6.98. The van der Waals surface area contributed by atoms with Crippen LogP contribution in [0.1, 0.15) is 44.9 Å². The molecule has 0 aliphatic heterocycles. The van der Waals surface area contributed by atoms with Crippen LogP contribution in [-0.4, -0.2) is 27.5 Å². The van der Waals surface area contributed by atoms with Crippen molar-refractivity contribution in [3.05, 3.63) is 11.9 Å². The number of hydrogen-bond donors (Lipinski definition) is 2. The summed E-state index contributed by atoms with van der Waals surface area (Å²) in [5.74, 6) is 2.31. The van der Waals surface area contributed by atoms with Crippen LogP contribution in [0.3, 0.4) is 0 Å². The number of thioether (sulfide) groups is 1. The molecule has 1 aromatic rings. The normalized spacial score (nSPS) is 23.3. The fraction of sp³-hybridized carbons (Fsp3) is 0.714. The SMILES string of the molecule is CCCc1nc(N)cc(NC2CCCCC2SC)n1. The van der Waals surface area contributed by atoms with Gasteiger partial charge < -0.3 is 11.1 Å². The molecule has 0 saturated heterocycles. The summed E-state index contributed by atoms with van der Waals surface area (Å²) >= 11 is 1.95. The van der Waals surface area contributed by atoms with Gasteiger partial charge in [0.1, 0.15) is 17.5 Å². The lowest BCUT2D eigenvalue weighted by Crippen LogP contribution is -2.34. The van der Waals surface area contributed by atoms with E-state index in [2.05, 4.69) is 28.5 Å². The predicted octanol–water partition coefficient (Wildman–Crippen LogP) is 3.10. The zero-order valence-electron chi connectivity index (χ0n) is 11.9. The molecule has 1 saturated carbocycles. The Morgan fingerprint density at radius 2 is 2.16 bits per heavy atom. The maximum atomic E-state index is 5.87. The van der Waals surface area contributed by atoms with Crippen LogP contribution in [0.4, 0.5) is 11.6 Å². The fourth-order valence-corrected chi connectivity index (χ4v) is 3.60. The molecule has 1 aromatic heterocycles. The van der Waals surface area contributed by atoms with Crippen LogP contribution >= 0.6 is 11.8 Å². The molecule has 106 valence electrons. The second-order valence-corrected chi connectivity index (χ2v) is 6.23. The summed E-state index contributed by atoms with van der Waals surface area (Å²) in [6.07, 6.45) is 9.28. The Labute approximate surface area is 120 Å². The quantitative estimate of drug-likeness (QED) is 0.867. The Morgan fingerprint density at radius 3 is 2.89 bits per heavy atom. The molecule has 0 bridgehead atoms. The lowest BCUT2D eigenvalue weighted by Gasteiger charge is -2.31. The van der Waals surface area contributed by atoms with E-state index in [1.54, 1.807) is 0 Å². The van der Waals surface area contributed by atoms with E-state index in [-0.39, 0.29) is 0 Å². The van der Waals surface area contributed by atoms with Gasteiger partial charge in [0, 0.05) is 23.8 Å². The first kappa shape index (κ1) is 14.4. The largest absolute Gasteiger partial charge is 0.384 e. The first-order valence-corrected chi connectivity index (χ1v) is 8.44. The third kappa shape index (κ3) is 4.00. The highest BCUT2D eigenvalue weighted by Crippen LogP contribution is 2.29. The minimum absolute atomic E-state index is 0.507. The van der Waals surface area contributed by atoms with Gasteiger partial charge in [0.2, 0.25) is 0 Å². The number of rotatable bonds is 5. The summed E-state index contributed by atoms with van der Waals surface area (Å²) in [4.78, 5) is 8.85. The molecule has 0 amide bonds. The first-order valence-electron chi connectivity index (χ1n) is 7.15. The van der Waals surface area contributed by atoms with Crippen molar-refractivity contribution in [1.82, 2.24) is 9.97 Å². The summed E-state index contributed by atoms with van der Waals surface area (Å²) in [7, 11) is 0. The van der Waals surface area contributed by atoms with E-state index in [1.165, 1.54) is 25.7 Å². The van der Waals surface area contributed by atoms with Crippen molar-refractivity contribution in [1.29, 1.82) is 0 Å². The van der Waals surface area contributed by atoms with Crippen LogP contribution in [0.25, 0.3) is 0 Å². The summed E-state index contributed by atoms with van der Waals surface area (Å²) in [5.41, 5.74) is 5.87. The van der Waals surface area contributed by atoms with E-state index >= 15 is 0 Å². The van der Waals surface area contributed by atoms with E-state index in [4.69, 9.17) is 5.73 Å². The van der Waals surface area contributed by atoms with Gasteiger partial charge in [-0.2, -0.15) is 11.8 Å². The van der Waals surface area contributed by atoms with Crippen molar-refractivity contribution in [2.45, 2.75) is 56.7 Å². The average Bonchev–Trinajstić information content (AvgIpc) is 2.39. The standard InChI is InChI=1S/C14H24N4S/c1-3-6-13-17-12(15)9-14(18-13)16-10-7-4-5-8-11(10)19-2/h9-11H,3-8H2,1-2H3,(H3,15,16,17,18). The highest BCUT2D eigenvalue weighted by atomic mass is 32.2. The van der Waals surface area contributed by atoms with Crippen molar-refractivity contribution >= 4 is 23.4 Å². The maximum absolute atomic E-state index is 5.87. The van der Waals surface area contributed by atoms with E-state index in [1.807, 2.05) is 17.8 Å². The molecule has 0 aromatic carbocycles. The highest BCUT2D eigenvalue weighted by molar-refractivity contribution is 7.99. The van der Waals surface area contributed by atoms with E-state index < -0.39 is 0 Å². The number of nitrogens with one attached hydrogen (secondary N) is 1. The van der Waals surface area contributed by atoms with Crippen LogP contribution in [0.15, 0.2) is 6.07 Å². The zero-order valence-corrected chi connectivity index (χ0v) is 12.7. The van der Waals surface area contributed by atoms with Crippen molar-refractivity contribution in [2.75, 3.05) is 17.3 Å². The van der Waals surface area contributed by atoms with E-state index in [0.29, 0.717) is 17.1 Å². The minimum atomic E-state index is 0.507. The van der Waals surface area contributed by atoms with Gasteiger partial charge in [-0.15, -0.1) is 0 Å². The molecule has 19 heavy (non-hydrogen) atoms. The molecular weight excluding hydrogens is 256 g/mol. The third-order valence-corrected chi connectivity index (χ3v) is 4.77. The number of nitrogens with zero attached hydrogens (tertiary/aromatic N) is 2. The van der Waals surface area contributed by atoms with E-state index in [0.717, 1.165) is 24.5 Å². The molecule has 1 aliphatic rings. The molecule has 1 aliphatic carbocycles. The Hall–Kier alpha value is -0.970. The van der Waals surface area contributed by atoms with E-state index in [9.17, 15) is 0 Å². The number of hydrogen-bond acceptors (Lipinski definition) is 5. The van der Waals surface area contributed by atoms with Gasteiger partial charge >= 0.3 is 0 Å². The zero-order chi connectivity index (χ0) is 13.7. The van der Waals surface area contributed by atoms with Crippen LogP contribution in [0.5, 0.6) is 0 Å². The van der Waals surface area contributed by atoms with Crippen LogP contribution in [0, 0.1) is 0 Å². The van der Waals surface area contributed by atoms with Gasteiger partial charge in [-0.05, 0) is 25.5 Å². The lowest BCUT2D eigenvalue weighted by molar-refractivity contribution is 0.474. The molecule has 2 rings (SSSR count). The molecule has 3 N–H and O–H groups in total. The van der Waals surface area contributed by atoms with Crippen molar-refractivity contribution in [2.24, 2.45) is 0 Å². The topological polar surface area (TPSA) is 63.8 Å². The lowest BCUT2D eigenvalue weighted by atomic mass is 9.95. The summed E-state index contributed by atoms with van der Waals surface area (Å²) in [6.45, 7) is 2.13. The van der Waals surface area contributed by atoms with Gasteiger partial charge in [-0.25, -0.2) is 9.97 Å². The van der Waals surface area contributed by atoms with Crippen LogP contribution < -0.4 is 11.1 Å². The Kier molecular flexibility index (Phi) is 5.31. The number of aromatic nitrogens is 2.